The van der Waals surface area contributed by atoms with Crippen molar-refractivity contribution >= 4 is 6.03 Å². The molecule has 1 aromatic carbocycles. The number of urea groups is 1. The van der Waals surface area contributed by atoms with Crippen molar-refractivity contribution in [3.63, 3.8) is 0 Å². The molecule has 0 saturated heterocycles. The number of aliphatic hydroxyl groups excluding tert-OH is 1. The van der Waals surface area contributed by atoms with Gasteiger partial charge in [-0.2, -0.15) is 0 Å². The van der Waals surface area contributed by atoms with Crippen LogP contribution in [0, 0.1) is 22.7 Å². The van der Waals surface area contributed by atoms with Gasteiger partial charge in [0.05, 0.1) is 24.3 Å². The fraction of sp³-hybridized carbons (Fsp3) is 0.667. The Kier molecular flexibility index (Phi) is 8.02. The first-order chi connectivity index (χ1) is 18.6. The van der Waals surface area contributed by atoms with Crippen LogP contribution in [-0.4, -0.2) is 59.7 Å². The van der Waals surface area contributed by atoms with Crippen molar-refractivity contribution in [3.05, 3.63) is 59.2 Å². The molecule has 39 heavy (non-hydrogen) atoms. The fourth-order valence-corrected chi connectivity index (χ4v) is 8.42. The van der Waals surface area contributed by atoms with Crippen LogP contribution >= 0.6 is 0 Å². The number of carbonyl (C=O) groups excluding carboxylic acids is 1. The highest BCUT2D eigenvalue weighted by atomic mass is 16.5. The first kappa shape index (κ1) is 28.4. The van der Waals surface area contributed by atoms with Gasteiger partial charge < -0.3 is 25.2 Å². The average molecular weight is 537 g/mol. The van der Waals surface area contributed by atoms with Crippen molar-refractivity contribution in [1.29, 1.82) is 0 Å². The summed E-state index contributed by atoms with van der Waals surface area (Å²) in [7, 11) is 1.68. The van der Waals surface area contributed by atoms with E-state index in [4.69, 9.17) is 4.74 Å². The molecule has 6 nitrogen and oxygen atoms in total. The number of hydrogen-bond acceptors (Lipinski definition) is 4. The van der Waals surface area contributed by atoms with Crippen LogP contribution in [0.5, 0.6) is 0 Å². The molecule has 6 heteroatoms. The van der Waals surface area contributed by atoms with Gasteiger partial charge in [0.2, 0.25) is 0 Å². The van der Waals surface area contributed by atoms with Gasteiger partial charge in [-0.25, -0.2) is 4.79 Å². The highest BCUT2D eigenvalue weighted by Crippen LogP contribution is 2.66. The predicted octanol–water partition coefficient (Wildman–Crippen LogP) is 5.77. The lowest BCUT2D eigenvalue weighted by molar-refractivity contribution is -0.0967. The van der Waals surface area contributed by atoms with Gasteiger partial charge in [-0.15, -0.1) is 0 Å². The number of benzene rings is 1. The number of fused-ring (bicyclic) bond motifs is 5. The molecule has 0 bridgehead atoms. The van der Waals surface area contributed by atoms with Crippen LogP contribution in [0.4, 0.5) is 4.79 Å². The summed E-state index contributed by atoms with van der Waals surface area (Å²) in [6.07, 6.45) is 11.5. The third kappa shape index (κ3) is 5.09. The fourth-order valence-electron chi connectivity index (χ4n) is 8.42. The molecule has 3 saturated carbocycles. The van der Waals surface area contributed by atoms with E-state index in [1.54, 1.807) is 7.11 Å². The third-order valence-corrected chi connectivity index (χ3v) is 11.0. The Hall–Kier alpha value is -2.15. The Bertz CT molecular complexity index is 1100. The van der Waals surface area contributed by atoms with Crippen molar-refractivity contribution in [1.82, 2.24) is 10.2 Å². The van der Waals surface area contributed by atoms with E-state index in [0.717, 1.165) is 50.5 Å². The highest BCUT2D eigenvalue weighted by Gasteiger charge is 2.62. The van der Waals surface area contributed by atoms with E-state index in [1.807, 2.05) is 42.2 Å². The summed E-state index contributed by atoms with van der Waals surface area (Å²) in [6, 6.07) is 9.76. The van der Waals surface area contributed by atoms with Gasteiger partial charge in [-0.1, -0.05) is 67.5 Å². The van der Waals surface area contributed by atoms with Crippen LogP contribution in [0.2, 0.25) is 0 Å². The number of carbonyl (C=O) groups is 1. The van der Waals surface area contributed by atoms with Gasteiger partial charge in [-0.05, 0) is 81.1 Å². The second-order valence-electron chi connectivity index (χ2n) is 13.2. The lowest BCUT2D eigenvalue weighted by Gasteiger charge is -2.56. The molecule has 2 amide bonds. The molecular formula is C33H48N2O4. The Balaban J connectivity index is 1.36. The standard InChI is InChI=1S/C33H48N2O4/c1-23(24-9-6-5-7-10-24)34-30(37)35(19-8-20-39-4)22-33(38)18-15-29-27-12-11-25-21-26(36)13-16-31(25,2)28(27)14-17-32(29,33)3/h5-7,9-12,23,26,28-29,36,38H,8,13-22H2,1-4H3,(H,34,37). The van der Waals surface area contributed by atoms with Gasteiger partial charge in [0, 0.05) is 25.7 Å². The minimum atomic E-state index is -0.947. The van der Waals surface area contributed by atoms with E-state index in [2.05, 4.69) is 31.3 Å². The number of aliphatic hydroxyl groups is 2. The summed E-state index contributed by atoms with van der Waals surface area (Å²) in [6.45, 7) is 8.13. The molecule has 0 spiro atoms. The van der Waals surface area contributed by atoms with Crippen LogP contribution < -0.4 is 5.32 Å². The monoisotopic (exact) mass is 536 g/mol. The number of amides is 2. The second kappa shape index (κ2) is 11.0. The first-order valence-corrected chi connectivity index (χ1v) is 15.0. The third-order valence-electron chi connectivity index (χ3n) is 11.0. The Labute approximate surface area is 234 Å². The number of allylic oxidation sites excluding steroid dienone is 3. The summed E-state index contributed by atoms with van der Waals surface area (Å²) >= 11 is 0. The molecule has 3 fully saturated rings. The van der Waals surface area contributed by atoms with Crippen molar-refractivity contribution in [3.8, 4) is 0 Å². The van der Waals surface area contributed by atoms with E-state index in [9.17, 15) is 15.0 Å². The Morgan fingerprint density at radius 1 is 1.10 bits per heavy atom. The van der Waals surface area contributed by atoms with Gasteiger partial charge in [0.25, 0.3) is 0 Å². The molecule has 1 aromatic rings. The van der Waals surface area contributed by atoms with Crippen molar-refractivity contribution in [2.75, 3.05) is 26.8 Å². The average Bonchev–Trinajstić information content (AvgIpc) is 3.19. The molecular weight excluding hydrogens is 488 g/mol. The van der Waals surface area contributed by atoms with E-state index in [-0.39, 0.29) is 29.0 Å². The van der Waals surface area contributed by atoms with E-state index in [1.165, 1.54) is 11.1 Å². The number of hydrogen-bond donors (Lipinski definition) is 3. The van der Waals surface area contributed by atoms with Gasteiger partial charge in [-0.3, -0.25) is 0 Å². The van der Waals surface area contributed by atoms with E-state index >= 15 is 0 Å². The highest BCUT2D eigenvalue weighted by molar-refractivity contribution is 5.75. The zero-order chi connectivity index (χ0) is 27.8. The molecule has 0 heterocycles. The molecule has 0 aliphatic heterocycles. The number of rotatable bonds is 8. The zero-order valence-electron chi connectivity index (χ0n) is 24.3. The number of nitrogens with zero attached hydrogens (tertiary/aromatic N) is 1. The van der Waals surface area contributed by atoms with Crippen LogP contribution in [0.15, 0.2) is 53.6 Å². The van der Waals surface area contributed by atoms with E-state index in [0.29, 0.717) is 38.0 Å². The predicted molar refractivity (Wildman–Crippen MR) is 154 cm³/mol. The molecule has 7 atom stereocenters. The molecule has 4 aliphatic rings. The summed E-state index contributed by atoms with van der Waals surface area (Å²) in [5, 5.41) is 25.8. The smallest absolute Gasteiger partial charge is 0.317 e. The second-order valence-corrected chi connectivity index (χ2v) is 13.2. The van der Waals surface area contributed by atoms with Gasteiger partial charge >= 0.3 is 6.03 Å². The number of ether oxygens (including phenoxy) is 1. The largest absolute Gasteiger partial charge is 0.393 e. The summed E-state index contributed by atoms with van der Waals surface area (Å²) < 4.78 is 5.29. The summed E-state index contributed by atoms with van der Waals surface area (Å²) in [5.41, 5.74) is 2.85. The topological polar surface area (TPSA) is 82.0 Å². The zero-order valence-corrected chi connectivity index (χ0v) is 24.3. The molecule has 0 radical (unpaired) electrons. The quantitative estimate of drug-likeness (QED) is 0.369. The minimum Gasteiger partial charge on any atom is -0.393 e. The lowest BCUT2D eigenvalue weighted by atomic mass is 9.50. The number of methoxy groups -OCH3 is 1. The Morgan fingerprint density at radius 3 is 2.59 bits per heavy atom. The maximum atomic E-state index is 13.6. The Morgan fingerprint density at radius 2 is 1.85 bits per heavy atom. The maximum absolute atomic E-state index is 13.6. The number of nitrogens with one attached hydrogen (secondary N) is 1. The van der Waals surface area contributed by atoms with Crippen LogP contribution in [-0.2, 0) is 4.74 Å². The maximum Gasteiger partial charge on any atom is 0.317 e. The molecule has 0 aromatic heterocycles. The van der Waals surface area contributed by atoms with Crippen molar-refractivity contribution < 1.29 is 19.7 Å². The van der Waals surface area contributed by atoms with E-state index < -0.39 is 5.60 Å². The minimum absolute atomic E-state index is 0.116. The molecule has 214 valence electrons. The van der Waals surface area contributed by atoms with Gasteiger partial charge in [0.15, 0.2) is 0 Å². The van der Waals surface area contributed by atoms with Crippen molar-refractivity contribution in [2.24, 2.45) is 22.7 Å². The first-order valence-electron chi connectivity index (χ1n) is 15.0. The SMILES string of the molecule is COCCCN(CC1(O)CCC2C3=CC=C4CC(O)CCC4(C)C3CCC21C)C(=O)NC(C)c1ccccc1. The summed E-state index contributed by atoms with van der Waals surface area (Å²) in [5.74, 6) is 0.799. The molecule has 7 unspecified atom stereocenters. The molecule has 3 N–H and O–H groups in total. The van der Waals surface area contributed by atoms with Gasteiger partial charge in [0.1, 0.15) is 0 Å². The van der Waals surface area contributed by atoms with Crippen molar-refractivity contribution in [2.45, 2.75) is 89.9 Å². The molecule has 5 rings (SSSR count). The lowest BCUT2D eigenvalue weighted by Crippen LogP contribution is -2.58. The van der Waals surface area contributed by atoms with Crippen LogP contribution in [0.25, 0.3) is 0 Å². The van der Waals surface area contributed by atoms with Crippen LogP contribution in [0.1, 0.15) is 83.7 Å². The molecule has 4 aliphatic carbocycles. The van der Waals surface area contributed by atoms with Crippen LogP contribution in [0.3, 0.4) is 0 Å². The normalized spacial score (nSPS) is 36.1. The summed E-state index contributed by atoms with van der Waals surface area (Å²) in [4.78, 5) is 15.4.